The molecule has 1 saturated heterocycles. The predicted molar refractivity (Wildman–Crippen MR) is 161 cm³/mol. The number of rotatable bonds is 8. The number of piperazine rings is 1. The van der Waals surface area contributed by atoms with E-state index < -0.39 is 0 Å². The van der Waals surface area contributed by atoms with E-state index in [4.69, 9.17) is 4.74 Å². The van der Waals surface area contributed by atoms with Gasteiger partial charge < -0.3 is 24.8 Å². The number of benzene rings is 2. The average molecular weight is 550 g/mol. The number of urea groups is 1. The Labute approximate surface area is 240 Å². The first kappa shape index (κ1) is 29.9. The van der Waals surface area contributed by atoms with Gasteiger partial charge in [-0.1, -0.05) is 18.2 Å². The molecule has 8 heteroatoms. The summed E-state index contributed by atoms with van der Waals surface area (Å²) < 4.78 is 6.31. The molecule has 4 rings (SSSR count). The van der Waals surface area contributed by atoms with Gasteiger partial charge in [-0.3, -0.25) is 9.69 Å². The Morgan fingerprint density at radius 2 is 1.77 bits per heavy atom. The number of hydrogen-bond donors (Lipinski definition) is 1. The van der Waals surface area contributed by atoms with Crippen LogP contribution in [0.25, 0.3) is 0 Å². The maximum absolute atomic E-state index is 13.4. The molecule has 3 amide bonds. The number of anilines is 1. The number of carbonyl (C=O) groups is 2. The van der Waals surface area contributed by atoms with Crippen molar-refractivity contribution in [2.45, 2.75) is 64.8 Å². The molecule has 1 saturated carbocycles. The quantitative estimate of drug-likeness (QED) is 0.525. The van der Waals surface area contributed by atoms with Crippen LogP contribution in [0.5, 0.6) is 5.75 Å². The first-order valence-corrected chi connectivity index (χ1v) is 14.6. The Balaban J connectivity index is 1.27. The second kappa shape index (κ2) is 13.5. The van der Waals surface area contributed by atoms with Crippen LogP contribution >= 0.6 is 0 Å². The first-order chi connectivity index (χ1) is 19.1. The van der Waals surface area contributed by atoms with Crippen LogP contribution in [-0.2, 0) is 17.9 Å². The smallest absolute Gasteiger partial charge is 0.319 e. The molecule has 0 radical (unpaired) electrons. The zero-order valence-electron chi connectivity index (χ0n) is 25.2. The lowest BCUT2D eigenvalue weighted by atomic mass is 9.86. The van der Waals surface area contributed by atoms with E-state index in [1.807, 2.05) is 36.2 Å². The number of hydrogen-bond acceptors (Lipinski definition) is 5. The maximum Gasteiger partial charge on any atom is 0.319 e. The third kappa shape index (κ3) is 7.76. The molecule has 0 aromatic heterocycles. The van der Waals surface area contributed by atoms with Crippen molar-refractivity contribution in [2.75, 3.05) is 52.7 Å². The van der Waals surface area contributed by atoms with Gasteiger partial charge in [-0.25, -0.2) is 4.79 Å². The lowest BCUT2D eigenvalue weighted by Crippen LogP contribution is -2.48. The van der Waals surface area contributed by atoms with Gasteiger partial charge in [0.25, 0.3) is 0 Å². The summed E-state index contributed by atoms with van der Waals surface area (Å²) >= 11 is 0. The number of aryl methyl sites for hydroxylation is 1. The van der Waals surface area contributed by atoms with E-state index in [9.17, 15) is 9.59 Å². The molecular weight excluding hydrogens is 502 g/mol. The van der Waals surface area contributed by atoms with E-state index in [-0.39, 0.29) is 24.0 Å². The Morgan fingerprint density at radius 3 is 2.45 bits per heavy atom. The summed E-state index contributed by atoms with van der Waals surface area (Å²) in [5.41, 5.74) is 4.56. The molecule has 1 N–H and O–H groups in total. The van der Waals surface area contributed by atoms with Crippen LogP contribution < -0.4 is 15.0 Å². The number of nitrogens with one attached hydrogen (secondary N) is 1. The van der Waals surface area contributed by atoms with Crippen LogP contribution in [0.15, 0.2) is 42.5 Å². The molecule has 2 fully saturated rings. The zero-order valence-corrected chi connectivity index (χ0v) is 25.2. The second-order valence-corrected chi connectivity index (χ2v) is 11.9. The van der Waals surface area contributed by atoms with Gasteiger partial charge in [0.15, 0.2) is 0 Å². The monoisotopic (exact) mass is 549 g/mol. The summed E-state index contributed by atoms with van der Waals surface area (Å²) in [5, 5.41) is 3.50. The van der Waals surface area contributed by atoms with Crippen molar-refractivity contribution in [3.05, 3.63) is 59.2 Å². The van der Waals surface area contributed by atoms with Gasteiger partial charge in [-0.15, -0.1) is 0 Å². The van der Waals surface area contributed by atoms with Crippen LogP contribution in [0.3, 0.4) is 0 Å². The van der Waals surface area contributed by atoms with Crippen LogP contribution in [0.1, 0.15) is 49.3 Å². The summed E-state index contributed by atoms with van der Waals surface area (Å²) in [6.07, 6.45) is 3.46. The third-order valence-corrected chi connectivity index (χ3v) is 8.24. The highest BCUT2D eigenvalue weighted by atomic mass is 16.5. The molecule has 1 aliphatic heterocycles. The predicted octanol–water partition coefficient (Wildman–Crippen LogP) is 4.50. The van der Waals surface area contributed by atoms with Crippen LogP contribution in [0.2, 0.25) is 0 Å². The summed E-state index contributed by atoms with van der Waals surface area (Å²) in [6, 6.07) is 14.9. The Morgan fingerprint density at radius 1 is 1.02 bits per heavy atom. The zero-order chi connectivity index (χ0) is 28.8. The Hall–Kier alpha value is -3.10. The third-order valence-electron chi connectivity index (χ3n) is 8.24. The van der Waals surface area contributed by atoms with Gasteiger partial charge in [0.05, 0.1) is 6.10 Å². The summed E-state index contributed by atoms with van der Waals surface area (Å²) in [4.78, 5) is 33.2. The van der Waals surface area contributed by atoms with E-state index >= 15 is 0 Å². The SMILES string of the molecule is Cc1cc(N(C)C(=O)C2CCC(Oc3cccc(CN(C)C(=O)N(C)C)c3)CC2)ccc1CN1CCN[C@@H](C)C1. The number of carbonyl (C=O) groups excluding carboxylic acids is 2. The first-order valence-electron chi connectivity index (χ1n) is 14.6. The Kier molecular flexibility index (Phi) is 10.1. The fourth-order valence-corrected chi connectivity index (χ4v) is 5.88. The highest BCUT2D eigenvalue weighted by Gasteiger charge is 2.30. The normalized spacial score (nSPS) is 21.5. The summed E-state index contributed by atoms with van der Waals surface area (Å²) in [6.45, 7) is 9.02. The lowest BCUT2D eigenvalue weighted by Gasteiger charge is -2.32. The average Bonchev–Trinajstić information content (AvgIpc) is 2.93. The summed E-state index contributed by atoms with van der Waals surface area (Å²) in [5.74, 6) is 1.03. The van der Waals surface area contributed by atoms with Crippen molar-refractivity contribution in [3.8, 4) is 5.75 Å². The van der Waals surface area contributed by atoms with Crippen molar-refractivity contribution in [1.82, 2.24) is 20.0 Å². The van der Waals surface area contributed by atoms with E-state index in [1.54, 1.807) is 30.9 Å². The van der Waals surface area contributed by atoms with Crippen molar-refractivity contribution >= 4 is 17.6 Å². The topological polar surface area (TPSA) is 68.4 Å². The van der Waals surface area contributed by atoms with Crippen molar-refractivity contribution in [2.24, 2.45) is 5.92 Å². The molecule has 1 heterocycles. The molecule has 2 aromatic rings. The summed E-state index contributed by atoms with van der Waals surface area (Å²) in [7, 11) is 7.21. The fourth-order valence-electron chi connectivity index (χ4n) is 5.88. The van der Waals surface area contributed by atoms with Gasteiger partial charge in [-0.2, -0.15) is 0 Å². The fraction of sp³-hybridized carbons (Fsp3) is 0.562. The molecule has 2 aliphatic rings. The van der Waals surface area contributed by atoms with Gasteiger partial charge in [0.1, 0.15) is 5.75 Å². The van der Waals surface area contributed by atoms with E-state index in [0.717, 1.165) is 68.9 Å². The van der Waals surface area contributed by atoms with Crippen LogP contribution in [0, 0.1) is 12.8 Å². The highest BCUT2D eigenvalue weighted by molar-refractivity contribution is 5.94. The molecule has 0 unspecified atom stereocenters. The maximum atomic E-state index is 13.4. The molecule has 1 atom stereocenters. The minimum absolute atomic E-state index is 0.0178. The highest BCUT2D eigenvalue weighted by Crippen LogP contribution is 2.31. The van der Waals surface area contributed by atoms with Gasteiger partial charge in [0.2, 0.25) is 5.91 Å². The van der Waals surface area contributed by atoms with Crippen LogP contribution in [-0.4, -0.2) is 86.6 Å². The minimum Gasteiger partial charge on any atom is -0.490 e. The van der Waals surface area contributed by atoms with E-state index in [0.29, 0.717) is 12.6 Å². The molecule has 0 bridgehead atoms. The minimum atomic E-state index is -0.0322. The molecule has 218 valence electrons. The number of amides is 3. The second-order valence-electron chi connectivity index (χ2n) is 11.9. The molecule has 8 nitrogen and oxygen atoms in total. The molecule has 1 aliphatic carbocycles. The molecule has 40 heavy (non-hydrogen) atoms. The van der Waals surface area contributed by atoms with Crippen molar-refractivity contribution in [1.29, 1.82) is 0 Å². The Bertz CT molecular complexity index is 1160. The van der Waals surface area contributed by atoms with Gasteiger partial charge in [-0.05, 0) is 80.5 Å². The van der Waals surface area contributed by atoms with Gasteiger partial charge >= 0.3 is 6.03 Å². The standard InChI is InChI=1S/C32H47N5O3/c1-23-18-28(13-10-27(23)22-37-17-16-33-24(2)20-37)36(6)31(38)26-11-14-29(15-12-26)40-30-9-7-8-25(19-30)21-35(5)32(39)34(3)4/h7-10,13,18-19,24,26,29,33H,11-12,14-17,20-22H2,1-6H3/t24-,26?,29?/m0/s1. The van der Waals surface area contributed by atoms with Crippen molar-refractivity contribution in [3.63, 3.8) is 0 Å². The largest absolute Gasteiger partial charge is 0.490 e. The van der Waals surface area contributed by atoms with E-state index in [2.05, 4.69) is 42.3 Å². The number of ether oxygens (including phenoxy) is 1. The molecular formula is C32H47N5O3. The molecule has 2 aromatic carbocycles. The van der Waals surface area contributed by atoms with E-state index in [1.165, 1.54) is 11.1 Å². The van der Waals surface area contributed by atoms with Crippen LogP contribution in [0.4, 0.5) is 10.5 Å². The lowest BCUT2D eigenvalue weighted by molar-refractivity contribution is -0.123. The van der Waals surface area contributed by atoms with Crippen molar-refractivity contribution < 1.29 is 14.3 Å². The molecule has 0 spiro atoms. The number of nitrogens with zero attached hydrogens (tertiary/aromatic N) is 4. The van der Waals surface area contributed by atoms with Gasteiger partial charge in [0, 0.05) is 78.6 Å².